The SMILES string of the molecule is COC[C@H]1NC(=O)CC/C=C\CN(c2ccc3ccccc3c2)C(=O)[C@@H]2N(CCO)C(=O)[C@H]3[C@H](C(=O)O[C@@H]1c1ccccc1)[C@@H]1C=C[C@]23O1. The molecule has 49 heavy (non-hydrogen) atoms. The molecule has 11 heteroatoms. The first-order valence-corrected chi connectivity index (χ1v) is 16.6. The van der Waals surface area contributed by atoms with Crippen molar-refractivity contribution in [1.82, 2.24) is 10.2 Å². The van der Waals surface area contributed by atoms with Gasteiger partial charge in [-0.25, -0.2) is 0 Å². The predicted molar refractivity (Wildman–Crippen MR) is 180 cm³/mol. The molecule has 3 aromatic rings. The number of β-amino-alcohol motifs (C(OH)–C–C–N with tert-alkyl or cyclic N) is 1. The van der Waals surface area contributed by atoms with Gasteiger partial charge in [0.1, 0.15) is 23.7 Å². The highest BCUT2D eigenvalue weighted by atomic mass is 16.6. The van der Waals surface area contributed by atoms with Gasteiger partial charge in [0.05, 0.1) is 31.3 Å². The van der Waals surface area contributed by atoms with Crippen molar-refractivity contribution in [3.8, 4) is 0 Å². The lowest BCUT2D eigenvalue weighted by molar-refractivity contribution is -0.162. The Hall–Kier alpha value is -4.84. The first kappa shape index (κ1) is 32.7. The number of hydrogen-bond donors (Lipinski definition) is 2. The number of nitrogens with zero attached hydrogens (tertiary/aromatic N) is 2. The number of amides is 3. The molecule has 254 valence electrons. The quantitative estimate of drug-likeness (QED) is 0.303. The van der Waals surface area contributed by atoms with E-state index in [1.165, 1.54) is 12.0 Å². The lowest BCUT2D eigenvalue weighted by Gasteiger charge is -2.35. The number of methoxy groups -OCH3 is 1. The van der Waals surface area contributed by atoms with Crippen LogP contribution in [-0.4, -0.2) is 90.9 Å². The first-order chi connectivity index (χ1) is 23.9. The molecule has 1 spiro atoms. The number of fused-ring (bicyclic) bond motifs is 3. The van der Waals surface area contributed by atoms with Gasteiger partial charge in [0.25, 0.3) is 5.91 Å². The third-order valence-electron chi connectivity index (χ3n) is 9.95. The number of rotatable bonds is 6. The molecule has 4 heterocycles. The molecule has 5 bridgehead atoms. The number of allylic oxidation sites excluding steroid dienone is 1. The fourth-order valence-corrected chi connectivity index (χ4v) is 7.78. The highest BCUT2D eigenvalue weighted by Crippen LogP contribution is 2.56. The van der Waals surface area contributed by atoms with Crippen LogP contribution in [0, 0.1) is 11.8 Å². The number of aliphatic hydroxyl groups is 1. The summed E-state index contributed by atoms with van der Waals surface area (Å²) in [5, 5.41) is 15.0. The Morgan fingerprint density at radius 1 is 0.959 bits per heavy atom. The molecular weight excluding hydrogens is 626 g/mol. The van der Waals surface area contributed by atoms with Crippen molar-refractivity contribution < 1.29 is 38.5 Å². The molecule has 0 aliphatic carbocycles. The summed E-state index contributed by atoms with van der Waals surface area (Å²) in [5.41, 5.74) is -0.197. The molecular formula is C38H39N3O8. The van der Waals surface area contributed by atoms with Gasteiger partial charge in [0.2, 0.25) is 11.8 Å². The summed E-state index contributed by atoms with van der Waals surface area (Å²) in [6.07, 6.45) is 5.93. The smallest absolute Gasteiger partial charge is 0.313 e. The van der Waals surface area contributed by atoms with E-state index in [2.05, 4.69) is 5.32 Å². The Morgan fingerprint density at radius 3 is 2.51 bits per heavy atom. The standard InChI is InChI=1S/C38H39N3O8/c1-47-23-28-33(25-11-4-2-5-12-25)48-37(46)31-29-17-18-38(49-29)32(31)35(44)41(20-21-42)34(38)36(45)40(19-9-3-6-14-30(43)39-28)27-16-15-24-10-7-8-13-26(24)22-27/h2-5,7-13,15-18,22,28-29,31-34,42H,6,14,19-21,23H2,1H3,(H,39,43)/b9-3-/t28-,29+,31-,32-,33-,34+,38-/m1/s1. The van der Waals surface area contributed by atoms with Gasteiger partial charge in [0.15, 0.2) is 0 Å². The van der Waals surface area contributed by atoms with Crippen LogP contribution in [0.5, 0.6) is 0 Å². The number of benzene rings is 3. The predicted octanol–water partition coefficient (Wildman–Crippen LogP) is 3.08. The number of hydrogen-bond acceptors (Lipinski definition) is 8. The van der Waals surface area contributed by atoms with E-state index < -0.39 is 59.5 Å². The van der Waals surface area contributed by atoms with Gasteiger partial charge >= 0.3 is 5.97 Å². The Labute approximate surface area is 284 Å². The van der Waals surface area contributed by atoms with Crippen LogP contribution in [0.15, 0.2) is 97.1 Å². The maximum atomic E-state index is 14.9. The number of likely N-dealkylation sites (tertiary alicyclic amines) is 1. The molecule has 11 nitrogen and oxygen atoms in total. The van der Waals surface area contributed by atoms with E-state index >= 15 is 0 Å². The van der Waals surface area contributed by atoms with Gasteiger partial charge in [-0.05, 0) is 34.9 Å². The van der Waals surface area contributed by atoms with E-state index in [9.17, 15) is 24.3 Å². The Kier molecular flexibility index (Phi) is 9.06. The van der Waals surface area contributed by atoms with Crippen molar-refractivity contribution in [3.05, 3.63) is 103 Å². The molecule has 7 atom stereocenters. The van der Waals surface area contributed by atoms with Crippen molar-refractivity contribution in [3.63, 3.8) is 0 Å². The van der Waals surface area contributed by atoms with Crippen LogP contribution in [0.3, 0.4) is 0 Å². The molecule has 4 aliphatic heterocycles. The van der Waals surface area contributed by atoms with Gasteiger partial charge in [-0.1, -0.05) is 85.0 Å². The lowest BCUT2D eigenvalue weighted by atomic mass is 9.74. The van der Waals surface area contributed by atoms with E-state index in [1.807, 2.05) is 72.8 Å². The maximum absolute atomic E-state index is 14.9. The normalized spacial score (nSPS) is 30.8. The average molecular weight is 666 g/mol. The highest BCUT2D eigenvalue weighted by Gasteiger charge is 2.73. The van der Waals surface area contributed by atoms with Crippen LogP contribution in [-0.2, 0) is 33.4 Å². The van der Waals surface area contributed by atoms with Crippen LogP contribution in [0.2, 0.25) is 0 Å². The molecule has 0 aromatic heterocycles. The summed E-state index contributed by atoms with van der Waals surface area (Å²) in [6.45, 7) is -0.289. The summed E-state index contributed by atoms with van der Waals surface area (Å²) in [7, 11) is 1.50. The lowest BCUT2D eigenvalue weighted by Crippen LogP contribution is -2.56. The molecule has 0 saturated carbocycles. The fraction of sp³-hybridized carbons (Fsp3) is 0.368. The topological polar surface area (TPSA) is 135 Å². The molecule has 2 fully saturated rings. The zero-order valence-corrected chi connectivity index (χ0v) is 27.1. The summed E-state index contributed by atoms with van der Waals surface area (Å²) in [5.74, 6) is -3.94. The first-order valence-electron chi connectivity index (χ1n) is 16.6. The van der Waals surface area contributed by atoms with Crippen LogP contribution in [0.4, 0.5) is 5.69 Å². The van der Waals surface area contributed by atoms with E-state index in [0.717, 1.165) is 10.8 Å². The van der Waals surface area contributed by atoms with Crippen LogP contribution in [0.1, 0.15) is 24.5 Å². The number of anilines is 1. The maximum Gasteiger partial charge on any atom is 0.313 e. The van der Waals surface area contributed by atoms with Crippen molar-refractivity contribution in [1.29, 1.82) is 0 Å². The monoisotopic (exact) mass is 665 g/mol. The Bertz CT molecular complexity index is 1810. The van der Waals surface area contributed by atoms with E-state index in [-0.39, 0.29) is 38.6 Å². The van der Waals surface area contributed by atoms with Crippen molar-refractivity contribution in [2.75, 3.05) is 38.3 Å². The molecule has 0 radical (unpaired) electrons. The van der Waals surface area contributed by atoms with E-state index in [0.29, 0.717) is 17.7 Å². The highest BCUT2D eigenvalue weighted by molar-refractivity contribution is 6.06. The third-order valence-corrected chi connectivity index (χ3v) is 9.95. The van der Waals surface area contributed by atoms with Crippen molar-refractivity contribution in [2.24, 2.45) is 11.8 Å². The van der Waals surface area contributed by atoms with Crippen LogP contribution >= 0.6 is 0 Å². The minimum Gasteiger partial charge on any atom is -0.455 e. The minimum atomic E-state index is -1.45. The van der Waals surface area contributed by atoms with Gasteiger partial charge in [0, 0.05) is 32.3 Å². The van der Waals surface area contributed by atoms with Crippen LogP contribution in [0.25, 0.3) is 10.8 Å². The average Bonchev–Trinajstić information content (AvgIpc) is 3.75. The minimum absolute atomic E-state index is 0.0623. The van der Waals surface area contributed by atoms with Crippen molar-refractivity contribution in [2.45, 2.75) is 42.7 Å². The molecule has 3 aromatic carbocycles. The molecule has 2 saturated heterocycles. The van der Waals surface area contributed by atoms with E-state index in [4.69, 9.17) is 14.2 Å². The number of carbonyl (C=O) groups is 4. The number of esters is 1. The second-order valence-corrected chi connectivity index (χ2v) is 12.8. The number of carbonyl (C=O) groups excluding carboxylic acids is 4. The summed E-state index contributed by atoms with van der Waals surface area (Å²) >= 11 is 0. The molecule has 7 rings (SSSR count). The second kappa shape index (κ2) is 13.6. The molecule has 2 N–H and O–H groups in total. The zero-order chi connectivity index (χ0) is 34.1. The molecule has 0 unspecified atom stereocenters. The summed E-state index contributed by atoms with van der Waals surface area (Å²) in [4.78, 5) is 59.6. The largest absolute Gasteiger partial charge is 0.455 e. The van der Waals surface area contributed by atoms with Gasteiger partial charge < -0.3 is 34.4 Å². The van der Waals surface area contributed by atoms with Gasteiger partial charge in [-0.2, -0.15) is 0 Å². The Balaban J connectivity index is 1.32. The molecule has 4 aliphatic rings. The number of nitrogens with one attached hydrogen (secondary N) is 1. The number of cyclic esters (lactones) is 1. The van der Waals surface area contributed by atoms with Gasteiger partial charge in [-0.15, -0.1) is 0 Å². The summed E-state index contributed by atoms with van der Waals surface area (Å²) < 4.78 is 18.2. The van der Waals surface area contributed by atoms with Crippen molar-refractivity contribution >= 4 is 40.2 Å². The molecule has 3 amide bonds. The number of ether oxygens (including phenoxy) is 3. The zero-order valence-electron chi connectivity index (χ0n) is 27.1. The third kappa shape index (κ3) is 5.81. The van der Waals surface area contributed by atoms with Gasteiger partial charge in [-0.3, -0.25) is 19.2 Å². The number of aliphatic hydroxyl groups excluding tert-OH is 1. The fourth-order valence-electron chi connectivity index (χ4n) is 7.78. The van der Waals surface area contributed by atoms with Crippen LogP contribution < -0.4 is 10.2 Å². The Morgan fingerprint density at radius 2 is 1.73 bits per heavy atom. The second-order valence-electron chi connectivity index (χ2n) is 12.8. The van der Waals surface area contributed by atoms with E-state index in [1.54, 1.807) is 29.2 Å². The summed E-state index contributed by atoms with van der Waals surface area (Å²) in [6, 6.07) is 20.7.